The zero-order valence-corrected chi connectivity index (χ0v) is 22.2. The number of fused-ring (bicyclic) bond motifs is 1. The van der Waals surface area contributed by atoms with Crippen LogP contribution < -0.4 is 5.46 Å². The summed E-state index contributed by atoms with van der Waals surface area (Å²) in [4.78, 5) is 4.82. The van der Waals surface area contributed by atoms with Crippen LogP contribution in [0.3, 0.4) is 0 Å². The maximum absolute atomic E-state index is 6.41. The number of rotatable bonds is 7. The molecule has 1 saturated heterocycles. The second-order valence-corrected chi connectivity index (χ2v) is 16.8. The van der Waals surface area contributed by atoms with Crippen molar-refractivity contribution in [3.05, 3.63) is 42.2 Å². The molecule has 1 fully saturated rings. The van der Waals surface area contributed by atoms with Gasteiger partial charge in [0.25, 0.3) is 0 Å². The van der Waals surface area contributed by atoms with Gasteiger partial charge in [0.1, 0.15) is 6.73 Å². The first-order valence-electron chi connectivity index (χ1n) is 11.7. The Morgan fingerprint density at radius 1 is 1.03 bits per heavy atom. The largest absolute Gasteiger partial charge is 0.497 e. The molecule has 8 heteroatoms. The Morgan fingerprint density at radius 3 is 2.27 bits per heavy atom. The summed E-state index contributed by atoms with van der Waals surface area (Å²) in [6.45, 7) is 18.5. The minimum Gasteiger partial charge on any atom is -0.399 e. The predicted molar refractivity (Wildman–Crippen MR) is 138 cm³/mol. The fraction of sp³-hybridized carbons (Fsp3) is 0.520. The van der Waals surface area contributed by atoms with Gasteiger partial charge >= 0.3 is 7.12 Å². The van der Waals surface area contributed by atoms with Gasteiger partial charge in [-0.1, -0.05) is 50.0 Å². The van der Waals surface area contributed by atoms with Crippen molar-refractivity contribution in [1.82, 2.24) is 14.8 Å². The zero-order valence-electron chi connectivity index (χ0n) is 21.2. The van der Waals surface area contributed by atoms with Crippen LogP contribution in [0.15, 0.2) is 36.5 Å². The molecule has 1 aliphatic heterocycles. The predicted octanol–water partition coefficient (Wildman–Crippen LogP) is 5.02. The van der Waals surface area contributed by atoms with E-state index in [4.69, 9.17) is 24.1 Å². The van der Waals surface area contributed by atoms with E-state index in [2.05, 4.69) is 71.6 Å². The first kappa shape index (κ1) is 24.1. The van der Waals surface area contributed by atoms with Crippen molar-refractivity contribution in [2.45, 2.75) is 78.2 Å². The summed E-state index contributed by atoms with van der Waals surface area (Å²) >= 11 is 0. The van der Waals surface area contributed by atoms with Gasteiger partial charge in [-0.15, -0.1) is 0 Å². The SMILES string of the molecule is Cc1nn(COCC[Si](C)(C)C)c2ncc(B3OC(C)(C)C(C)(C)O3)c(-c3ccccc3)c12. The maximum atomic E-state index is 6.41. The molecule has 33 heavy (non-hydrogen) atoms. The van der Waals surface area contributed by atoms with Crippen molar-refractivity contribution in [1.29, 1.82) is 0 Å². The fourth-order valence-electron chi connectivity index (χ4n) is 4.02. The summed E-state index contributed by atoms with van der Waals surface area (Å²) in [7, 11) is -1.64. The van der Waals surface area contributed by atoms with E-state index in [0.717, 1.165) is 46.0 Å². The highest BCUT2D eigenvalue weighted by Crippen LogP contribution is 2.38. The van der Waals surface area contributed by atoms with Crippen LogP contribution in [0.1, 0.15) is 33.4 Å². The van der Waals surface area contributed by atoms with Gasteiger partial charge in [0.15, 0.2) is 5.65 Å². The van der Waals surface area contributed by atoms with Gasteiger partial charge in [0.2, 0.25) is 0 Å². The van der Waals surface area contributed by atoms with Crippen LogP contribution in [0.2, 0.25) is 25.7 Å². The molecule has 0 amide bonds. The summed E-state index contributed by atoms with van der Waals surface area (Å²) in [6.07, 6.45) is 1.88. The smallest absolute Gasteiger partial charge is 0.399 e. The van der Waals surface area contributed by atoms with Gasteiger partial charge in [-0.3, -0.25) is 0 Å². The first-order chi connectivity index (χ1) is 15.4. The van der Waals surface area contributed by atoms with E-state index >= 15 is 0 Å². The number of aromatic nitrogens is 3. The molecule has 0 atom stereocenters. The lowest BCUT2D eigenvalue weighted by Gasteiger charge is -2.32. The van der Waals surface area contributed by atoms with Crippen LogP contribution in [-0.2, 0) is 20.8 Å². The molecular weight excluding hydrogens is 429 g/mol. The van der Waals surface area contributed by atoms with Crippen molar-refractivity contribution >= 4 is 31.7 Å². The minimum absolute atomic E-state index is 0.395. The molecule has 0 saturated carbocycles. The Hall–Kier alpha value is -2.00. The third kappa shape index (κ3) is 4.80. The molecule has 3 heterocycles. The highest BCUT2D eigenvalue weighted by Gasteiger charge is 2.52. The molecule has 176 valence electrons. The summed E-state index contributed by atoms with van der Waals surface area (Å²) in [6, 6.07) is 11.5. The van der Waals surface area contributed by atoms with Gasteiger partial charge in [-0.2, -0.15) is 5.10 Å². The molecule has 0 N–H and O–H groups in total. The molecular formula is C25H36BN3O3Si. The van der Waals surface area contributed by atoms with E-state index in [0.29, 0.717) is 6.73 Å². The third-order valence-corrected chi connectivity index (χ3v) is 8.45. The van der Waals surface area contributed by atoms with Gasteiger partial charge in [-0.05, 0) is 51.8 Å². The second-order valence-electron chi connectivity index (χ2n) is 11.2. The van der Waals surface area contributed by atoms with Crippen LogP contribution in [0.5, 0.6) is 0 Å². The number of aryl methyl sites for hydroxylation is 1. The van der Waals surface area contributed by atoms with Crippen LogP contribution in [0, 0.1) is 6.92 Å². The Kier molecular flexibility index (Phi) is 6.33. The highest BCUT2D eigenvalue weighted by molar-refractivity contribution is 6.76. The van der Waals surface area contributed by atoms with Gasteiger partial charge in [0.05, 0.1) is 16.9 Å². The topological polar surface area (TPSA) is 58.4 Å². The molecule has 1 aromatic carbocycles. The average Bonchev–Trinajstić information content (AvgIpc) is 3.16. The molecule has 6 nitrogen and oxygen atoms in total. The molecule has 0 bridgehead atoms. The van der Waals surface area contributed by atoms with Gasteiger partial charge < -0.3 is 14.0 Å². The van der Waals surface area contributed by atoms with E-state index in [-0.39, 0.29) is 0 Å². The highest BCUT2D eigenvalue weighted by atomic mass is 28.3. The number of nitrogens with zero attached hydrogens (tertiary/aromatic N) is 3. The average molecular weight is 465 g/mol. The number of hydrogen-bond donors (Lipinski definition) is 0. The normalized spacial score (nSPS) is 17.8. The lowest BCUT2D eigenvalue weighted by Crippen LogP contribution is -2.41. The molecule has 1 aliphatic rings. The van der Waals surface area contributed by atoms with Crippen molar-refractivity contribution in [2.24, 2.45) is 0 Å². The van der Waals surface area contributed by atoms with E-state index in [1.165, 1.54) is 0 Å². The van der Waals surface area contributed by atoms with E-state index in [1.54, 1.807) is 0 Å². The summed E-state index contributed by atoms with van der Waals surface area (Å²) < 4.78 is 20.7. The number of pyridine rings is 1. The maximum Gasteiger partial charge on any atom is 0.497 e. The van der Waals surface area contributed by atoms with Crippen molar-refractivity contribution in [2.75, 3.05) is 6.61 Å². The second kappa shape index (κ2) is 8.65. The molecule has 0 unspecified atom stereocenters. The van der Waals surface area contributed by atoms with Crippen LogP contribution >= 0.6 is 0 Å². The standard InChI is InChI=1S/C25H36BN3O3Si/c1-18-21-22(19-12-10-9-11-13-19)20(26-31-24(2,3)25(4,5)32-26)16-27-23(21)29(28-18)17-30-14-15-33(6,7)8/h9-13,16H,14-15,17H2,1-8H3. The van der Waals surface area contributed by atoms with E-state index in [9.17, 15) is 0 Å². The van der Waals surface area contributed by atoms with Gasteiger partial charge in [0, 0.05) is 31.7 Å². The van der Waals surface area contributed by atoms with Crippen LogP contribution in [-0.4, -0.2) is 47.8 Å². The lowest BCUT2D eigenvalue weighted by molar-refractivity contribution is 0.00578. The molecule has 0 aliphatic carbocycles. The quantitative estimate of drug-likeness (QED) is 0.362. The molecule has 3 aromatic rings. The Balaban J connectivity index is 1.77. The third-order valence-electron chi connectivity index (χ3n) is 6.74. The molecule has 0 spiro atoms. The summed E-state index contributed by atoms with van der Waals surface area (Å²) in [5.74, 6) is 0. The number of benzene rings is 1. The van der Waals surface area contributed by atoms with E-state index < -0.39 is 26.4 Å². The van der Waals surface area contributed by atoms with Crippen molar-refractivity contribution < 1.29 is 14.0 Å². The summed E-state index contributed by atoms with van der Waals surface area (Å²) in [5.41, 5.74) is 3.97. The Morgan fingerprint density at radius 2 is 1.67 bits per heavy atom. The van der Waals surface area contributed by atoms with Crippen molar-refractivity contribution in [3.63, 3.8) is 0 Å². The molecule has 4 rings (SSSR count). The van der Waals surface area contributed by atoms with Crippen LogP contribution in [0.25, 0.3) is 22.2 Å². The number of hydrogen-bond acceptors (Lipinski definition) is 5. The molecule has 0 radical (unpaired) electrons. The zero-order chi connectivity index (χ0) is 24.0. The lowest BCUT2D eigenvalue weighted by atomic mass is 9.74. The first-order valence-corrected chi connectivity index (χ1v) is 15.5. The van der Waals surface area contributed by atoms with Crippen LogP contribution in [0.4, 0.5) is 0 Å². The Labute approximate surface area is 198 Å². The molecule has 2 aromatic heterocycles. The Bertz CT molecular complexity index is 1120. The monoisotopic (exact) mass is 465 g/mol. The van der Waals surface area contributed by atoms with E-state index in [1.807, 2.05) is 23.9 Å². The fourth-order valence-corrected chi connectivity index (χ4v) is 4.77. The minimum atomic E-state index is -1.14. The van der Waals surface area contributed by atoms with Crippen molar-refractivity contribution in [3.8, 4) is 11.1 Å². The van der Waals surface area contributed by atoms with Gasteiger partial charge in [-0.25, -0.2) is 9.67 Å². The number of ether oxygens (including phenoxy) is 1. The summed E-state index contributed by atoms with van der Waals surface area (Å²) in [5, 5.41) is 5.81.